The van der Waals surface area contributed by atoms with E-state index < -0.39 is 30.2 Å². The van der Waals surface area contributed by atoms with Crippen molar-refractivity contribution in [2.75, 3.05) is 27.3 Å². The fourth-order valence-electron chi connectivity index (χ4n) is 2.89. The first-order chi connectivity index (χ1) is 14.3. The van der Waals surface area contributed by atoms with E-state index in [4.69, 9.17) is 9.84 Å². The molecule has 0 fully saturated rings. The first-order valence-corrected chi connectivity index (χ1v) is 9.74. The zero-order valence-corrected chi connectivity index (χ0v) is 17.7. The van der Waals surface area contributed by atoms with Gasteiger partial charge in [-0.3, -0.25) is 14.4 Å². The zero-order chi connectivity index (χ0) is 22.3. The average molecular weight is 412 g/mol. The summed E-state index contributed by atoms with van der Waals surface area (Å²) in [5.41, 5.74) is 2.22. The van der Waals surface area contributed by atoms with Crippen molar-refractivity contribution >= 4 is 17.6 Å². The molecule has 2 N–H and O–H groups in total. The lowest BCUT2D eigenvalue weighted by molar-refractivity contribution is -0.135. The Hall–Kier alpha value is -3.19. The minimum Gasteiger partial charge on any atom is -0.493 e. The lowest BCUT2D eigenvalue weighted by atomic mass is 10.0. The van der Waals surface area contributed by atoms with Crippen molar-refractivity contribution in [1.82, 2.24) is 10.2 Å². The molecule has 0 saturated heterocycles. The lowest BCUT2D eigenvalue weighted by Gasteiger charge is -2.25. The summed E-state index contributed by atoms with van der Waals surface area (Å²) >= 11 is 0. The van der Waals surface area contributed by atoms with E-state index in [9.17, 15) is 14.4 Å². The molecule has 0 spiro atoms. The lowest BCUT2D eigenvalue weighted by Crippen LogP contribution is -2.52. The molecule has 0 aliphatic heterocycles. The van der Waals surface area contributed by atoms with Gasteiger partial charge in [-0.2, -0.15) is 0 Å². The quantitative estimate of drug-likeness (QED) is 0.615. The van der Waals surface area contributed by atoms with Crippen LogP contribution in [0.3, 0.4) is 0 Å². The number of ether oxygens (including phenoxy) is 1. The summed E-state index contributed by atoms with van der Waals surface area (Å²) in [4.78, 5) is 37.7. The Kier molecular flexibility index (Phi) is 8.12. The van der Waals surface area contributed by atoms with Gasteiger partial charge >= 0.3 is 0 Å². The predicted octanol–water partition coefficient (Wildman–Crippen LogP) is 2.14. The molecule has 0 saturated carbocycles. The maximum atomic E-state index is 12.7. The topological polar surface area (TPSA) is 95.9 Å². The normalized spacial score (nSPS) is 11.7. The Balaban J connectivity index is 2.15. The Morgan fingerprint density at radius 3 is 2.00 bits per heavy atom. The van der Waals surface area contributed by atoms with Crippen LogP contribution in [0.2, 0.25) is 0 Å². The summed E-state index contributed by atoms with van der Waals surface area (Å²) < 4.78 is 5.69. The largest absolute Gasteiger partial charge is 0.493 e. The van der Waals surface area contributed by atoms with Crippen molar-refractivity contribution in [3.8, 4) is 16.9 Å². The molecular formula is C23H28N2O5. The molecular weight excluding hydrogens is 384 g/mol. The molecule has 0 radical (unpaired) electrons. The van der Waals surface area contributed by atoms with Crippen LogP contribution in [0.5, 0.6) is 5.75 Å². The summed E-state index contributed by atoms with van der Waals surface area (Å²) in [6.07, 6.45) is 0. The molecule has 30 heavy (non-hydrogen) atoms. The van der Waals surface area contributed by atoms with Gasteiger partial charge in [-0.1, -0.05) is 38.1 Å². The highest BCUT2D eigenvalue weighted by Gasteiger charge is 2.32. The molecule has 7 heteroatoms. The van der Waals surface area contributed by atoms with E-state index in [1.54, 1.807) is 24.3 Å². The van der Waals surface area contributed by atoms with Crippen LogP contribution < -0.4 is 10.1 Å². The molecule has 2 amide bonds. The number of hydrogen-bond acceptors (Lipinski definition) is 5. The minimum atomic E-state index is -1.38. The number of rotatable bonds is 9. The van der Waals surface area contributed by atoms with Crippen molar-refractivity contribution in [3.63, 3.8) is 0 Å². The van der Waals surface area contributed by atoms with E-state index in [1.165, 1.54) is 14.1 Å². The van der Waals surface area contributed by atoms with Crippen LogP contribution in [-0.2, 0) is 9.59 Å². The zero-order valence-electron chi connectivity index (χ0n) is 17.7. The van der Waals surface area contributed by atoms with E-state index >= 15 is 0 Å². The maximum Gasteiger partial charge on any atom is 0.254 e. The summed E-state index contributed by atoms with van der Waals surface area (Å²) in [5, 5.41) is 11.5. The number of aliphatic hydroxyl groups excluding tert-OH is 1. The number of amides is 2. The number of nitrogens with zero attached hydrogens (tertiary/aromatic N) is 1. The highest BCUT2D eigenvalue weighted by molar-refractivity contribution is 6.10. The molecule has 0 bridgehead atoms. The van der Waals surface area contributed by atoms with Gasteiger partial charge in [0.15, 0.2) is 11.8 Å². The number of benzene rings is 2. The molecule has 1 atom stereocenters. The number of nitrogens with one attached hydrogen (secondary N) is 1. The first-order valence-electron chi connectivity index (χ1n) is 9.74. The highest BCUT2D eigenvalue weighted by Crippen LogP contribution is 2.23. The number of ketones is 1. The van der Waals surface area contributed by atoms with Crippen LogP contribution in [0.15, 0.2) is 48.5 Å². The van der Waals surface area contributed by atoms with Crippen molar-refractivity contribution in [2.45, 2.75) is 19.9 Å². The number of Topliss-reactive ketones (excluding diaryl/α,β-unsaturated/α-hetero) is 1. The maximum absolute atomic E-state index is 12.7. The van der Waals surface area contributed by atoms with Gasteiger partial charge in [0.05, 0.1) is 6.61 Å². The molecule has 0 aliphatic carbocycles. The van der Waals surface area contributed by atoms with Gasteiger partial charge in [0, 0.05) is 19.7 Å². The molecule has 1 unspecified atom stereocenters. The fourth-order valence-corrected chi connectivity index (χ4v) is 2.89. The van der Waals surface area contributed by atoms with Gasteiger partial charge in [0.25, 0.3) is 5.91 Å². The number of likely N-dealkylation sites (N-methyl/N-ethyl adjacent to an activating group) is 2. The Morgan fingerprint density at radius 2 is 1.53 bits per heavy atom. The van der Waals surface area contributed by atoms with Gasteiger partial charge in [0.1, 0.15) is 12.4 Å². The van der Waals surface area contributed by atoms with E-state index in [0.29, 0.717) is 18.1 Å². The Morgan fingerprint density at radius 1 is 1.00 bits per heavy atom. The predicted molar refractivity (Wildman–Crippen MR) is 114 cm³/mol. The van der Waals surface area contributed by atoms with Crippen LogP contribution in [0.1, 0.15) is 24.2 Å². The van der Waals surface area contributed by atoms with Gasteiger partial charge < -0.3 is 20.1 Å². The third-order valence-electron chi connectivity index (χ3n) is 4.57. The second-order valence-corrected chi connectivity index (χ2v) is 7.36. The van der Waals surface area contributed by atoms with E-state index in [-0.39, 0.29) is 0 Å². The number of carbonyl (C=O) groups is 3. The molecule has 0 aliphatic rings. The summed E-state index contributed by atoms with van der Waals surface area (Å²) in [5.74, 6) is -0.643. The monoisotopic (exact) mass is 412 g/mol. The first kappa shape index (κ1) is 23.1. The summed E-state index contributed by atoms with van der Waals surface area (Å²) in [6.45, 7) is 4.00. The van der Waals surface area contributed by atoms with Crippen LogP contribution in [-0.4, -0.2) is 61.0 Å². The van der Waals surface area contributed by atoms with Crippen molar-refractivity contribution in [2.24, 2.45) is 5.92 Å². The average Bonchev–Trinajstić information content (AvgIpc) is 2.77. The van der Waals surface area contributed by atoms with Crippen LogP contribution in [0.25, 0.3) is 11.1 Å². The van der Waals surface area contributed by atoms with Crippen LogP contribution >= 0.6 is 0 Å². The number of aliphatic hydroxyl groups is 1. The van der Waals surface area contributed by atoms with E-state index in [1.807, 2.05) is 24.3 Å². The number of hydrogen-bond donors (Lipinski definition) is 2. The molecule has 2 rings (SSSR count). The van der Waals surface area contributed by atoms with Gasteiger partial charge in [0.2, 0.25) is 5.91 Å². The Labute approximate surface area is 176 Å². The molecule has 0 aromatic heterocycles. The molecule has 2 aromatic rings. The van der Waals surface area contributed by atoms with Gasteiger partial charge in [-0.15, -0.1) is 0 Å². The van der Waals surface area contributed by atoms with Crippen molar-refractivity contribution in [3.05, 3.63) is 54.1 Å². The second kappa shape index (κ2) is 10.5. The smallest absolute Gasteiger partial charge is 0.254 e. The minimum absolute atomic E-state index is 0.331. The Bertz CT molecular complexity index is 859. The highest BCUT2D eigenvalue weighted by atomic mass is 16.5. The molecule has 2 aromatic carbocycles. The second-order valence-electron chi connectivity index (χ2n) is 7.36. The van der Waals surface area contributed by atoms with Crippen molar-refractivity contribution in [1.29, 1.82) is 0 Å². The van der Waals surface area contributed by atoms with E-state index in [0.717, 1.165) is 21.8 Å². The summed E-state index contributed by atoms with van der Waals surface area (Å²) in [7, 11) is 2.73. The molecule has 7 nitrogen and oxygen atoms in total. The molecule has 0 heterocycles. The van der Waals surface area contributed by atoms with Crippen molar-refractivity contribution < 1.29 is 24.2 Å². The van der Waals surface area contributed by atoms with Crippen LogP contribution in [0.4, 0.5) is 0 Å². The fraction of sp³-hybridized carbons (Fsp3) is 0.348. The van der Waals surface area contributed by atoms with Gasteiger partial charge in [-0.05, 0) is 41.3 Å². The SMILES string of the molecule is CNC(=O)C(C(=O)CO)N(C)C(=O)c1ccc(-c2ccc(OCC(C)C)cc2)cc1. The third kappa shape index (κ3) is 5.67. The summed E-state index contributed by atoms with van der Waals surface area (Å²) in [6, 6.07) is 13.2. The number of carbonyl (C=O) groups excluding carboxylic acids is 3. The standard InChI is InChI=1S/C23H28N2O5/c1-15(2)14-30-19-11-9-17(10-12-19)16-5-7-18(8-6-16)23(29)25(4)21(20(27)13-26)22(28)24-3/h5-12,15,21,26H,13-14H2,1-4H3,(H,24,28). The third-order valence-corrected chi connectivity index (χ3v) is 4.57. The van der Waals surface area contributed by atoms with Gasteiger partial charge in [-0.25, -0.2) is 0 Å². The molecule has 160 valence electrons. The van der Waals surface area contributed by atoms with Crippen LogP contribution in [0, 0.1) is 5.92 Å². The van der Waals surface area contributed by atoms with E-state index in [2.05, 4.69) is 19.2 Å².